The molecule has 1 fully saturated rings. The van der Waals surface area contributed by atoms with Crippen molar-refractivity contribution in [2.45, 2.75) is 13.8 Å². The van der Waals surface area contributed by atoms with Gasteiger partial charge >= 0.3 is 6.01 Å². The zero-order chi connectivity index (χ0) is 26.5. The number of aromatic nitrogens is 2. The lowest BCUT2D eigenvalue weighted by molar-refractivity contribution is -0.129. The van der Waals surface area contributed by atoms with Crippen molar-refractivity contribution in [1.29, 1.82) is 0 Å². The Morgan fingerprint density at radius 3 is 2.49 bits per heavy atom. The first kappa shape index (κ1) is 26.2. The van der Waals surface area contributed by atoms with Gasteiger partial charge in [-0.15, -0.1) is 0 Å². The van der Waals surface area contributed by atoms with Crippen LogP contribution in [0, 0.1) is 6.92 Å². The van der Waals surface area contributed by atoms with Gasteiger partial charge in [-0.1, -0.05) is 35.8 Å². The molecule has 0 unspecified atom stereocenters. The average molecular weight is 541 g/mol. The lowest BCUT2D eigenvalue weighted by Gasteiger charge is -2.36. The maximum absolute atomic E-state index is 11.8. The van der Waals surface area contributed by atoms with Crippen LogP contribution in [0.15, 0.2) is 60.3 Å². The van der Waals surface area contributed by atoms with Gasteiger partial charge < -0.3 is 25.2 Å². The fraction of sp³-hybridized carbons (Fsp3) is 0.231. The van der Waals surface area contributed by atoms with Crippen molar-refractivity contribution >= 4 is 57.9 Å². The monoisotopic (exact) mass is 540 g/mol. The molecule has 1 aliphatic rings. The predicted molar refractivity (Wildman–Crippen MR) is 146 cm³/mol. The summed E-state index contributed by atoms with van der Waals surface area (Å²) in [5.41, 5.74) is 3.30. The van der Waals surface area contributed by atoms with E-state index in [-0.39, 0.29) is 16.9 Å². The molecule has 3 aromatic rings. The highest BCUT2D eigenvalue weighted by atomic mass is 35.5. The van der Waals surface area contributed by atoms with Crippen LogP contribution in [-0.4, -0.2) is 52.9 Å². The third-order valence-corrected chi connectivity index (χ3v) is 6.24. The van der Waals surface area contributed by atoms with Crippen molar-refractivity contribution in [2.24, 2.45) is 0 Å². The molecule has 0 saturated carbocycles. The number of hydrogen-bond acceptors (Lipinski definition) is 7. The Labute approximate surface area is 225 Å². The van der Waals surface area contributed by atoms with Gasteiger partial charge in [-0.3, -0.25) is 9.59 Å². The fourth-order valence-electron chi connectivity index (χ4n) is 3.91. The number of aryl methyl sites for hydroxylation is 1. The number of rotatable bonds is 7. The topological polar surface area (TPSA) is 99.7 Å². The van der Waals surface area contributed by atoms with E-state index in [1.165, 1.54) is 6.20 Å². The summed E-state index contributed by atoms with van der Waals surface area (Å²) in [6, 6.07) is 12.9. The van der Waals surface area contributed by atoms with E-state index in [1.54, 1.807) is 31.2 Å². The average Bonchev–Trinajstić information content (AvgIpc) is 2.86. The normalized spacial score (nSPS) is 13.2. The van der Waals surface area contributed by atoms with Crippen LogP contribution in [0.1, 0.15) is 12.5 Å². The first-order valence-electron chi connectivity index (χ1n) is 11.5. The Morgan fingerprint density at radius 2 is 1.81 bits per heavy atom. The number of nitrogens with one attached hydrogen (secondary N) is 2. The first-order chi connectivity index (χ1) is 17.7. The molecule has 0 spiro atoms. The van der Waals surface area contributed by atoms with Crippen LogP contribution in [0.25, 0.3) is 0 Å². The van der Waals surface area contributed by atoms with Crippen LogP contribution in [0.4, 0.5) is 22.9 Å². The van der Waals surface area contributed by atoms with Gasteiger partial charge in [0.25, 0.3) is 5.91 Å². The Morgan fingerprint density at radius 1 is 1.08 bits per heavy atom. The molecular weight excluding hydrogens is 515 g/mol. The van der Waals surface area contributed by atoms with Crippen LogP contribution in [0.2, 0.25) is 5.02 Å². The molecule has 1 saturated heterocycles. The third-order valence-electron chi connectivity index (χ3n) is 5.79. The zero-order valence-corrected chi connectivity index (χ0v) is 21.9. The SMILES string of the molecule is C=C(Cl)C(=O)Nc1cccc(Nc2nc(Oc3ccc(N4CCN(C(C)=O)CC4)c(C)c3)ncc2Cl)c1. The maximum Gasteiger partial charge on any atom is 0.323 e. The van der Waals surface area contributed by atoms with E-state index in [9.17, 15) is 9.59 Å². The molecule has 2 N–H and O–H groups in total. The third kappa shape index (κ3) is 6.69. The molecule has 192 valence electrons. The molecule has 2 aromatic carbocycles. The van der Waals surface area contributed by atoms with Crippen molar-refractivity contribution in [3.63, 3.8) is 0 Å². The van der Waals surface area contributed by atoms with Crippen molar-refractivity contribution in [3.05, 3.63) is 70.9 Å². The number of carbonyl (C=O) groups excluding carboxylic acids is 2. The minimum atomic E-state index is -0.491. The molecule has 1 aliphatic heterocycles. The molecule has 0 atom stereocenters. The summed E-state index contributed by atoms with van der Waals surface area (Å²) in [6.07, 6.45) is 1.45. The second-order valence-electron chi connectivity index (χ2n) is 8.46. The highest BCUT2D eigenvalue weighted by Crippen LogP contribution is 2.30. The molecule has 0 aliphatic carbocycles. The molecular formula is C26H26Cl2N6O3. The Bertz CT molecular complexity index is 1340. The molecule has 9 nitrogen and oxygen atoms in total. The van der Waals surface area contributed by atoms with Crippen LogP contribution in [0.3, 0.4) is 0 Å². The van der Waals surface area contributed by atoms with E-state index >= 15 is 0 Å². The summed E-state index contributed by atoms with van der Waals surface area (Å²) in [7, 11) is 0. The number of carbonyl (C=O) groups is 2. The largest absolute Gasteiger partial charge is 0.424 e. The van der Waals surface area contributed by atoms with E-state index < -0.39 is 5.91 Å². The lowest BCUT2D eigenvalue weighted by Crippen LogP contribution is -2.48. The number of nitrogens with zero attached hydrogens (tertiary/aromatic N) is 4. The molecule has 11 heteroatoms. The summed E-state index contributed by atoms with van der Waals surface area (Å²) in [5, 5.41) is 5.94. The number of ether oxygens (including phenoxy) is 1. The second-order valence-corrected chi connectivity index (χ2v) is 9.32. The maximum atomic E-state index is 11.8. The van der Waals surface area contributed by atoms with Gasteiger partial charge in [-0.25, -0.2) is 4.98 Å². The quantitative estimate of drug-likeness (QED) is 0.390. The van der Waals surface area contributed by atoms with E-state index in [0.717, 1.165) is 24.3 Å². The standard InChI is InChI=1S/C26H26Cl2N6O3/c1-16-13-21(7-8-23(16)34-11-9-33(10-12-34)18(3)35)37-26-29-15-22(28)24(32-26)30-19-5-4-6-20(14-19)31-25(36)17(2)27/h4-8,13-15H,2,9-12H2,1,3H3,(H,31,36)(H,29,30,32). The Kier molecular flexibility index (Phi) is 8.15. The Hall–Kier alpha value is -3.82. The summed E-state index contributed by atoms with van der Waals surface area (Å²) in [6.45, 7) is 10.0. The van der Waals surface area contributed by atoms with Crippen molar-refractivity contribution < 1.29 is 14.3 Å². The molecule has 0 bridgehead atoms. The van der Waals surface area contributed by atoms with Crippen LogP contribution in [-0.2, 0) is 9.59 Å². The number of piperazine rings is 1. The molecule has 1 aromatic heterocycles. The zero-order valence-electron chi connectivity index (χ0n) is 20.4. The van der Waals surface area contributed by atoms with Gasteiger partial charge in [0.1, 0.15) is 10.8 Å². The van der Waals surface area contributed by atoms with Crippen LogP contribution < -0.4 is 20.3 Å². The van der Waals surface area contributed by atoms with Gasteiger partial charge in [0.15, 0.2) is 5.82 Å². The molecule has 37 heavy (non-hydrogen) atoms. The summed E-state index contributed by atoms with van der Waals surface area (Å²) in [5.74, 6) is 0.541. The summed E-state index contributed by atoms with van der Waals surface area (Å²) >= 11 is 11.9. The number of anilines is 4. The Balaban J connectivity index is 1.45. The highest BCUT2D eigenvalue weighted by molar-refractivity contribution is 6.43. The van der Waals surface area contributed by atoms with Gasteiger partial charge in [0.05, 0.1) is 11.2 Å². The first-order valence-corrected chi connectivity index (χ1v) is 12.3. The van der Waals surface area contributed by atoms with Gasteiger partial charge in [-0.05, 0) is 48.9 Å². The van der Waals surface area contributed by atoms with E-state index in [0.29, 0.717) is 41.1 Å². The minimum absolute atomic E-state index is 0.106. The fourth-order valence-corrected chi connectivity index (χ4v) is 4.10. The highest BCUT2D eigenvalue weighted by Gasteiger charge is 2.20. The predicted octanol–water partition coefficient (Wildman–Crippen LogP) is 5.33. The van der Waals surface area contributed by atoms with Crippen molar-refractivity contribution in [2.75, 3.05) is 41.7 Å². The van der Waals surface area contributed by atoms with E-state index in [2.05, 4.69) is 32.1 Å². The number of benzene rings is 2. The second kappa shape index (κ2) is 11.5. The number of hydrogen-bond donors (Lipinski definition) is 2. The molecule has 0 radical (unpaired) electrons. The van der Waals surface area contributed by atoms with E-state index in [4.69, 9.17) is 27.9 Å². The minimum Gasteiger partial charge on any atom is -0.424 e. The van der Waals surface area contributed by atoms with Crippen molar-refractivity contribution in [1.82, 2.24) is 14.9 Å². The van der Waals surface area contributed by atoms with Crippen LogP contribution in [0.5, 0.6) is 11.8 Å². The van der Waals surface area contributed by atoms with Gasteiger partial charge in [0.2, 0.25) is 5.91 Å². The van der Waals surface area contributed by atoms with E-state index in [1.807, 2.05) is 30.0 Å². The molecule has 4 rings (SSSR count). The number of amides is 2. The smallest absolute Gasteiger partial charge is 0.323 e. The van der Waals surface area contributed by atoms with Gasteiger partial charge in [0, 0.05) is 50.2 Å². The number of halogens is 2. The summed E-state index contributed by atoms with van der Waals surface area (Å²) < 4.78 is 5.91. The summed E-state index contributed by atoms with van der Waals surface area (Å²) in [4.78, 5) is 36.1. The van der Waals surface area contributed by atoms with Gasteiger partial charge in [-0.2, -0.15) is 4.98 Å². The molecule has 2 heterocycles. The lowest BCUT2D eigenvalue weighted by atomic mass is 10.1. The molecule has 2 amide bonds. The van der Waals surface area contributed by atoms with Crippen molar-refractivity contribution in [3.8, 4) is 11.8 Å². The van der Waals surface area contributed by atoms with Crippen LogP contribution >= 0.6 is 23.2 Å².